The first-order chi connectivity index (χ1) is 17.1. The highest BCUT2D eigenvalue weighted by molar-refractivity contribution is 7.98. The highest BCUT2D eigenvalue weighted by atomic mass is 32.2. The average Bonchev–Trinajstić information content (AvgIpc) is 3.02. The summed E-state index contributed by atoms with van der Waals surface area (Å²) in [6.07, 6.45) is -3.40. The largest absolute Gasteiger partial charge is 0.502 e. The van der Waals surface area contributed by atoms with Gasteiger partial charge in [-0.3, -0.25) is 19.3 Å². The molecule has 0 bridgehead atoms. The molecule has 5 rings (SSSR count). The van der Waals surface area contributed by atoms with Crippen LogP contribution in [0.5, 0.6) is 11.5 Å². The van der Waals surface area contributed by atoms with Crippen molar-refractivity contribution in [3.8, 4) is 11.5 Å². The van der Waals surface area contributed by atoms with E-state index in [2.05, 4.69) is 0 Å². The van der Waals surface area contributed by atoms with Gasteiger partial charge >= 0.3 is 6.18 Å². The molecule has 1 aromatic heterocycles. The van der Waals surface area contributed by atoms with E-state index in [1.807, 2.05) is 36.4 Å². The van der Waals surface area contributed by atoms with Crippen molar-refractivity contribution < 1.29 is 27.8 Å². The van der Waals surface area contributed by atoms with Gasteiger partial charge in [0.25, 0.3) is 5.91 Å². The summed E-state index contributed by atoms with van der Waals surface area (Å²) in [5.74, 6) is -0.776. The predicted molar refractivity (Wildman–Crippen MR) is 128 cm³/mol. The van der Waals surface area contributed by atoms with Crippen molar-refractivity contribution in [2.75, 3.05) is 18.8 Å². The number of fused-ring (bicyclic) bond motifs is 3. The molecule has 0 spiro atoms. The van der Waals surface area contributed by atoms with E-state index in [4.69, 9.17) is 4.74 Å². The number of halogens is 3. The molecule has 0 unspecified atom stereocenters. The molecule has 0 saturated heterocycles. The molecule has 7 nitrogen and oxygen atoms in total. The third-order valence-corrected chi connectivity index (χ3v) is 7.72. The summed E-state index contributed by atoms with van der Waals surface area (Å²) in [5.41, 5.74) is 1.10. The summed E-state index contributed by atoms with van der Waals surface area (Å²) in [6, 6.07) is 11.3. The number of methoxy groups -OCH3 is 1. The minimum absolute atomic E-state index is 0.435. The first kappa shape index (κ1) is 24.1. The van der Waals surface area contributed by atoms with Gasteiger partial charge in [0, 0.05) is 28.5 Å². The van der Waals surface area contributed by atoms with Crippen LogP contribution in [0, 0.1) is 0 Å². The van der Waals surface area contributed by atoms with Gasteiger partial charge in [-0.25, -0.2) is 0 Å². The lowest BCUT2D eigenvalue weighted by molar-refractivity contribution is -0.173. The number of nitrogens with zero attached hydrogens (tertiary/aromatic N) is 3. The summed E-state index contributed by atoms with van der Waals surface area (Å²) in [6.45, 7) is 0.451. The fourth-order valence-corrected chi connectivity index (χ4v) is 5.83. The Balaban J connectivity index is 1.79. The maximum atomic E-state index is 13.8. The van der Waals surface area contributed by atoms with E-state index >= 15 is 0 Å². The van der Waals surface area contributed by atoms with E-state index in [1.165, 1.54) is 10.9 Å². The summed E-state index contributed by atoms with van der Waals surface area (Å²) in [7, 11) is 1.55. The van der Waals surface area contributed by atoms with E-state index in [9.17, 15) is 27.9 Å². The number of aromatic hydroxyl groups is 1. The second-order valence-corrected chi connectivity index (χ2v) is 9.57. The zero-order valence-electron chi connectivity index (χ0n) is 19.3. The van der Waals surface area contributed by atoms with Gasteiger partial charge in [0.05, 0.1) is 13.2 Å². The summed E-state index contributed by atoms with van der Waals surface area (Å²) in [4.78, 5) is 27.0. The maximum Gasteiger partial charge on any atom is 0.408 e. The van der Waals surface area contributed by atoms with Crippen LogP contribution in [0.15, 0.2) is 64.4 Å². The number of benzene rings is 2. The summed E-state index contributed by atoms with van der Waals surface area (Å²) >= 11 is 1.57. The van der Waals surface area contributed by atoms with Crippen LogP contribution >= 0.6 is 11.8 Å². The fraction of sp³-hybridized carbons (Fsp3) is 0.280. The van der Waals surface area contributed by atoms with Crippen molar-refractivity contribution in [3.05, 3.63) is 87.3 Å². The Labute approximate surface area is 208 Å². The molecule has 1 amide bonds. The van der Waals surface area contributed by atoms with Gasteiger partial charge < -0.3 is 14.7 Å². The maximum absolute atomic E-state index is 13.8. The fourth-order valence-electron chi connectivity index (χ4n) is 4.70. The van der Waals surface area contributed by atoms with Crippen LogP contribution in [-0.4, -0.2) is 46.6 Å². The lowest BCUT2D eigenvalue weighted by Crippen LogP contribution is -2.60. The Morgan fingerprint density at radius 2 is 1.81 bits per heavy atom. The lowest BCUT2D eigenvalue weighted by Gasteiger charge is -2.46. The minimum atomic E-state index is -4.72. The molecule has 36 heavy (non-hydrogen) atoms. The molecule has 3 aromatic rings. The average molecular weight is 518 g/mol. The van der Waals surface area contributed by atoms with Gasteiger partial charge in [-0.15, -0.1) is 11.8 Å². The second-order valence-electron chi connectivity index (χ2n) is 8.55. The molecule has 2 atom stereocenters. The summed E-state index contributed by atoms with van der Waals surface area (Å²) in [5, 5.41) is 12.1. The van der Waals surface area contributed by atoms with Crippen molar-refractivity contribution >= 4 is 17.7 Å². The molecule has 11 heteroatoms. The quantitative estimate of drug-likeness (QED) is 0.560. The van der Waals surface area contributed by atoms with Crippen LogP contribution in [0.1, 0.15) is 40.1 Å². The summed E-state index contributed by atoms with van der Waals surface area (Å²) < 4.78 is 48.3. The molecule has 0 fully saturated rings. The van der Waals surface area contributed by atoms with Crippen LogP contribution in [0.25, 0.3) is 0 Å². The predicted octanol–water partition coefficient (Wildman–Crippen LogP) is 4.26. The van der Waals surface area contributed by atoms with E-state index in [1.54, 1.807) is 29.9 Å². The molecule has 2 aliphatic rings. The number of thioether (sulfide) groups is 1. The van der Waals surface area contributed by atoms with Crippen molar-refractivity contribution in [2.24, 2.45) is 0 Å². The van der Waals surface area contributed by atoms with Crippen LogP contribution in [-0.2, 0) is 5.75 Å². The Kier molecular flexibility index (Phi) is 5.90. The topological polar surface area (TPSA) is 75.0 Å². The number of amides is 1. The monoisotopic (exact) mass is 517 g/mol. The molecule has 2 aromatic carbocycles. The van der Waals surface area contributed by atoms with Gasteiger partial charge in [-0.05, 0) is 30.2 Å². The molecule has 2 aliphatic heterocycles. The molecule has 0 saturated carbocycles. The van der Waals surface area contributed by atoms with E-state index in [0.717, 1.165) is 34.6 Å². The van der Waals surface area contributed by atoms with Crippen LogP contribution < -0.4 is 15.2 Å². The molecule has 0 aliphatic carbocycles. The minimum Gasteiger partial charge on any atom is -0.502 e. The third kappa shape index (κ3) is 3.78. The van der Waals surface area contributed by atoms with Crippen LogP contribution in [0.4, 0.5) is 13.2 Å². The van der Waals surface area contributed by atoms with Crippen LogP contribution in [0.3, 0.4) is 0 Å². The highest BCUT2D eigenvalue weighted by Crippen LogP contribution is 2.45. The van der Waals surface area contributed by atoms with Gasteiger partial charge in [-0.2, -0.15) is 13.2 Å². The van der Waals surface area contributed by atoms with Gasteiger partial charge in [-0.1, -0.05) is 30.3 Å². The number of carbonyl (C=O) groups is 1. The number of carbonyl (C=O) groups excluding carboxylic acids is 1. The molecule has 188 valence electrons. The second kappa shape index (κ2) is 8.81. The smallest absolute Gasteiger partial charge is 0.408 e. The number of hydrogen-bond donors (Lipinski definition) is 1. The number of pyridine rings is 1. The number of rotatable bonds is 3. The molecule has 0 radical (unpaired) electrons. The number of alkyl halides is 3. The highest BCUT2D eigenvalue weighted by Gasteiger charge is 2.47. The van der Waals surface area contributed by atoms with Crippen molar-refractivity contribution in [1.29, 1.82) is 0 Å². The van der Waals surface area contributed by atoms with Gasteiger partial charge in [0.15, 0.2) is 11.4 Å². The normalized spacial score (nSPS) is 18.1. The zero-order chi connectivity index (χ0) is 25.8. The molecule has 3 heterocycles. The molecular weight excluding hydrogens is 495 g/mol. The number of aromatic nitrogens is 1. The standard InChI is InChI=1S/C25H22F3N3O4S/c1-14(25(26,27)28)29-13-31(30-11-10-18(32)23(33)22(30)24(29)34)21-15-7-5-8-19(35-2)17(15)12-36-20-9-4-3-6-16(20)21/h3-11,14,21,33H,12-13H2,1-2H3/t14-,21-/m1/s1. The molecular formula is C25H22F3N3O4S. The lowest BCUT2D eigenvalue weighted by atomic mass is 9.93. The van der Waals surface area contributed by atoms with Crippen molar-refractivity contribution in [2.45, 2.75) is 35.8 Å². The van der Waals surface area contributed by atoms with Crippen molar-refractivity contribution in [3.63, 3.8) is 0 Å². The van der Waals surface area contributed by atoms with Crippen molar-refractivity contribution in [1.82, 2.24) is 9.58 Å². The Hall–Kier alpha value is -3.60. The first-order valence-corrected chi connectivity index (χ1v) is 12.1. The van der Waals surface area contributed by atoms with E-state index in [-0.39, 0.29) is 0 Å². The Bertz CT molecular complexity index is 1410. The number of ether oxygens (including phenoxy) is 1. The SMILES string of the molecule is COc1cccc2c1CSc1ccccc1[C@@H]2N1CN([C@H](C)C(F)(F)F)C(=O)c2c(O)c(=O)ccn21. The third-order valence-electron chi connectivity index (χ3n) is 6.60. The van der Waals surface area contributed by atoms with E-state index in [0.29, 0.717) is 16.4 Å². The number of hydrogen-bond acceptors (Lipinski definition) is 6. The van der Waals surface area contributed by atoms with E-state index < -0.39 is 47.7 Å². The Morgan fingerprint density at radius 1 is 1.08 bits per heavy atom. The van der Waals surface area contributed by atoms with Crippen LogP contribution in [0.2, 0.25) is 0 Å². The zero-order valence-corrected chi connectivity index (χ0v) is 20.1. The Morgan fingerprint density at radius 3 is 2.53 bits per heavy atom. The molecule has 1 N–H and O–H groups in total. The first-order valence-electron chi connectivity index (χ1n) is 11.1. The van der Waals surface area contributed by atoms with Gasteiger partial charge in [0.2, 0.25) is 5.43 Å². The van der Waals surface area contributed by atoms with Gasteiger partial charge in [0.1, 0.15) is 18.5 Å².